The molecule has 0 radical (unpaired) electrons. The van der Waals surface area contributed by atoms with Crippen LogP contribution in [0.3, 0.4) is 0 Å². The summed E-state index contributed by atoms with van der Waals surface area (Å²) in [5, 5.41) is 2.85. The van der Waals surface area contributed by atoms with Crippen LogP contribution in [0, 0.1) is 0 Å². The van der Waals surface area contributed by atoms with E-state index in [4.69, 9.17) is 14.2 Å². The highest BCUT2D eigenvalue weighted by atomic mass is 16.7. The van der Waals surface area contributed by atoms with Gasteiger partial charge < -0.3 is 29.3 Å². The zero-order valence-electron chi connectivity index (χ0n) is 15.7. The van der Waals surface area contributed by atoms with Gasteiger partial charge in [0, 0.05) is 30.4 Å². The van der Waals surface area contributed by atoms with Gasteiger partial charge in [-0.3, -0.25) is 9.59 Å². The Labute approximate surface area is 162 Å². The highest BCUT2D eigenvalue weighted by Crippen LogP contribution is 2.35. The Hall–Kier alpha value is -3.26. The molecule has 0 aliphatic carbocycles. The zero-order chi connectivity index (χ0) is 19.7. The second kappa shape index (κ2) is 7.40. The van der Waals surface area contributed by atoms with Gasteiger partial charge >= 0.3 is 0 Å². The van der Waals surface area contributed by atoms with Crippen molar-refractivity contribution < 1.29 is 23.8 Å². The van der Waals surface area contributed by atoms with Gasteiger partial charge in [-0.1, -0.05) is 0 Å². The van der Waals surface area contributed by atoms with Crippen molar-refractivity contribution in [2.75, 3.05) is 50.8 Å². The molecular weight excluding hydrogens is 362 g/mol. The van der Waals surface area contributed by atoms with Crippen molar-refractivity contribution in [1.82, 2.24) is 4.90 Å². The molecule has 28 heavy (non-hydrogen) atoms. The van der Waals surface area contributed by atoms with Gasteiger partial charge in [-0.25, -0.2) is 0 Å². The van der Waals surface area contributed by atoms with Crippen molar-refractivity contribution in [2.24, 2.45) is 0 Å². The molecule has 2 amide bonds. The quantitative estimate of drug-likeness (QED) is 0.850. The van der Waals surface area contributed by atoms with E-state index in [0.29, 0.717) is 40.7 Å². The van der Waals surface area contributed by atoms with Gasteiger partial charge in [0.2, 0.25) is 6.79 Å². The molecule has 0 spiro atoms. The maximum atomic E-state index is 12.6. The Morgan fingerprint density at radius 3 is 2.71 bits per heavy atom. The highest BCUT2D eigenvalue weighted by Gasteiger charge is 2.26. The van der Waals surface area contributed by atoms with Crippen LogP contribution in [0.25, 0.3) is 0 Å². The number of fused-ring (bicyclic) bond motifs is 2. The third-order valence-corrected chi connectivity index (χ3v) is 4.57. The molecule has 2 aromatic rings. The van der Waals surface area contributed by atoms with E-state index in [1.54, 1.807) is 41.3 Å². The second-order valence-corrected chi connectivity index (χ2v) is 6.84. The van der Waals surface area contributed by atoms with Crippen LogP contribution in [-0.2, 0) is 4.79 Å². The molecule has 0 atom stereocenters. The summed E-state index contributed by atoms with van der Waals surface area (Å²) in [4.78, 5) is 28.5. The number of hydrogen-bond acceptors (Lipinski definition) is 6. The monoisotopic (exact) mass is 383 g/mol. The molecule has 8 nitrogen and oxygen atoms in total. The molecule has 2 aromatic carbocycles. The standard InChI is InChI=1S/C20H21N3O5/c1-22(2)7-8-23-15-5-4-14(10-17(15)26-11-19(23)24)21-20(25)13-3-6-16-18(9-13)28-12-27-16/h3-6,9-10H,7-8,11-12H2,1-2H3,(H,21,25). The van der Waals surface area contributed by atoms with Gasteiger partial charge in [0.25, 0.3) is 11.8 Å². The number of carbonyl (C=O) groups excluding carboxylic acids is 2. The lowest BCUT2D eigenvalue weighted by atomic mass is 10.1. The van der Waals surface area contributed by atoms with Crippen LogP contribution >= 0.6 is 0 Å². The summed E-state index contributed by atoms with van der Waals surface area (Å²) in [7, 11) is 3.92. The number of rotatable bonds is 5. The summed E-state index contributed by atoms with van der Waals surface area (Å²) in [5.41, 5.74) is 1.76. The molecular formula is C20H21N3O5. The fourth-order valence-electron chi connectivity index (χ4n) is 3.07. The lowest BCUT2D eigenvalue weighted by Gasteiger charge is -2.30. The van der Waals surface area contributed by atoms with E-state index in [1.807, 2.05) is 19.0 Å². The Bertz CT molecular complexity index is 928. The van der Waals surface area contributed by atoms with Crippen molar-refractivity contribution in [3.8, 4) is 17.2 Å². The lowest BCUT2D eigenvalue weighted by molar-refractivity contribution is -0.121. The van der Waals surface area contributed by atoms with E-state index in [9.17, 15) is 9.59 Å². The van der Waals surface area contributed by atoms with Crippen LogP contribution in [0.2, 0.25) is 0 Å². The minimum atomic E-state index is -0.269. The van der Waals surface area contributed by atoms with E-state index < -0.39 is 0 Å². The molecule has 0 saturated heterocycles. The Morgan fingerprint density at radius 1 is 1.07 bits per heavy atom. The van der Waals surface area contributed by atoms with Crippen molar-refractivity contribution in [3.05, 3.63) is 42.0 Å². The Balaban J connectivity index is 1.51. The van der Waals surface area contributed by atoms with Crippen molar-refractivity contribution in [2.45, 2.75) is 0 Å². The number of ether oxygens (including phenoxy) is 3. The number of benzene rings is 2. The van der Waals surface area contributed by atoms with E-state index in [1.165, 1.54) is 0 Å². The first-order valence-electron chi connectivity index (χ1n) is 8.94. The minimum Gasteiger partial charge on any atom is -0.481 e. The molecule has 2 heterocycles. The summed E-state index contributed by atoms with van der Waals surface area (Å²) >= 11 is 0. The van der Waals surface area contributed by atoms with Gasteiger partial charge in [0.15, 0.2) is 18.1 Å². The molecule has 8 heteroatoms. The molecule has 1 N–H and O–H groups in total. The zero-order valence-corrected chi connectivity index (χ0v) is 15.7. The highest BCUT2D eigenvalue weighted by molar-refractivity contribution is 6.05. The molecule has 4 rings (SSSR count). The number of nitrogens with zero attached hydrogens (tertiary/aromatic N) is 2. The normalized spacial score (nSPS) is 14.7. The predicted octanol–water partition coefficient (Wildman–Crippen LogP) is 1.95. The Kier molecular flexibility index (Phi) is 4.79. The summed E-state index contributed by atoms with van der Waals surface area (Å²) in [6, 6.07) is 10.3. The third-order valence-electron chi connectivity index (χ3n) is 4.57. The van der Waals surface area contributed by atoms with Crippen LogP contribution in [0.1, 0.15) is 10.4 Å². The molecule has 0 aromatic heterocycles. The lowest BCUT2D eigenvalue weighted by Crippen LogP contribution is -2.42. The Morgan fingerprint density at radius 2 is 1.89 bits per heavy atom. The van der Waals surface area contributed by atoms with Crippen molar-refractivity contribution in [1.29, 1.82) is 0 Å². The van der Waals surface area contributed by atoms with Crippen LogP contribution in [-0.4, -0.2) is 57.3 Å². The molecule has 0 fully saturated rings. The number of nitrogens with one attached hydrogen (secondary N) is 1. The van der Waals surface area contributed by atoms with Crippen LogP contribution < -0.4 is 24.4 Å². The fourth-order valence-corrected chi connectivity index (χ4v) is 3.07. The molecule has 146 valence electrons. The van der Waals surface area contributed by atoms with Crippen molar-refractivity contribution in [3.63, 3.8) is 0 Å². The summed E-state index contributed by atoms with van der Waals surface area (Å²) in [6.45, 7) is 1.46. The number of likely N-dealkylation sites (N-methyl/N-ethyl adjacent to an activating group) is 1. The minimum absolute atomic E-state index is 0.0139. The van der Waals surface area contributed by atoms with Gasteiger partial charge in [-0.05, 0) is 44.4 Å². The van der Waals surface area contributed by atoms with E-state index >= 15 is 0 Å². The fraction of sp³-hybridized carbons (Fsp3) is 0.300. The smallest absolute Gasteiger partial charge is 0.265 e. The van der Waals surface area contributed by atoms with Gasteiger partial charge in [0.05, 0.1) is 5.69 Å². The molecule has 0 unspecified atom stereocenters. The number of carbonyl (C=O) groups is 2. The van der Waals surface area contributed by atoms with Crippen LogP contribution in [0.4, 0.5) is 11.4 Å². The first-order chi connectivity index (χ1) is 13.5. The van der Waals surface area contributed by atoms with E-state index in [-0.39, 0.29) is 25.2 Å². The van der Waals surface area contributed by atoms with Crippen LogP contribution in [0.5, 0.6) is 17.2 Å². The maximum absolute atomic E-state index is 12.6. The first kappa shape index (κ1) is 18.1. The maximum Gasteiger partial charge on any atom is 0.265 e. The van der Waals surface area contributed by atoms with E-state index in [0.717, 1.165) is 6.54 Å². The largest absolute Gasteiger partial charge is 0.481 e. The van der Waals surface area contributed by atoms with Gasteiger partial charge in [0.1, 0.15) is 5.75 Å². The molecule has 0 bridgehead atoms. The summed E-state index contributed by atoms with van der Waals surface area (Å²) in [5.74, 6) is 1.40. The third kappa shape index (κ3) is 3.59. The number of hydrogen-bond donors (Lipinski definition) is 1. The predicted molar refractivity (Wildman–Crippen MR) is 103 cm³/mol. The van der Waals surface area contributed by atoms with E-state index in [2.05, 4.69) is 5.32 Å². The van der Waals surface area contributed by atoms with Crippen LogP contribution in [0.15, 0.2) is 36.4 Å². The average molecular weight is 383 g/mol. The topological polar surface area (TPSA) is 80.3 Å². The summed E-state index contributed by atoms with van der Waals surface area (Å²) < 4.78 is 16.1. The molecule has 2 aliphatic heterocycles. The SMILES string of the molecule is CN(C)CCN1C(=O)COc2cc(NC(=O)c3ccc4c(c3)OCO4)ccc21. The van der Waals surface area contributed by atoms with Gasteiger partial charge in [-0.2, -0.15) is 0 Å². The van der Waals surface area contributed by atoms with Gasteiger partial charge in [-0.15, -0.1) is 0 Å². The average Bonchev–Trinajstić information content (AvgIpc) is 3.15. The molecule has 2 aliphatic rings. The number of anilines is 2. The van der Waals surface area contributed by atoms with Crippen molar-refractivity contribution >= 4 is 23.2 Å². The summed E-state index contributed by atoms with van der Waals surface area (Å²) in [6.07, 6.45) is 0. The molecule has 0 saturated carbocycles. The second-order valence-electron chi connectivity index (χ2n) is 6.84. The number of amides is 2. The first-order valence-corrected chi connectivity index (χ1v) is 8.94.